The zero-order chi connectivity index (χ0) is 29.8. The highest BCUT2D eigenvalue weighted by Gasteiger charge is 2.46. The number of hydrogen-bond acceptors (Lipinski definition) is 4. The molecule has 3 amide bonds. The van der Waals surface area contributed by atoms with Gasteiger partial charge in [-0.05, 0) is 60.4 Å². The van der Waals surface area contributed by atoms with E-state index in [0.717, 1.165) is 28.3 Å². The number of urea groups is 1. The summed E-state index contributed by atoms with van der Waals surface area (Å²) < 4.78 is 42.9. The van der Waals surface area contributed by atoms with Crippen molar-refractivity contribution in [2.24, 2.45) is 7.05 Å². The van der Waals surface area contributed by atoms with Gasteiger partial charge in [0.25, 0.3) is 0 Å². The number of ketones is 1. The molecule has 214 valence electrons. The van der Waals surface area contributed by atoms with Gasteiger partial charge >= 0.3 is 12.2 Å². The van der Waals surface area contributed by atoms with Crippen LogP contribution in [-0.4, -0.2) is 38.6 Å². The Balaban J connectivity index is 1.46. The average Bonchev–Trinajstić information content (AvgIpc) is 3.55. The summed E-state index contributed by atoms with van der Waals surface area (Å²) in [5.41, 5.74) is 2.56. The summed E-state index contributed by atoms with van der Waals surface area (Å²) in [7, 11) is 1.89. The van der Waals surface area contributed by atoms with Crippen molar-refractivity contribution in [1.29, 1.82) is 5.26 Å². The number of aromatic nitrogens is 1. The maximum Gasteiger partial charge on any atom is 0.416 e. The molecule has 2 aromatic carbocycles. The van der Waals surface area contributed by atoms with Crippen LogP contribution in [0.1, 0.15) is 53.3 Å². The van der Waals surface area contributed by atoms with Gasteiger partial charge in [-0.1, -0.05) is 18.2 Å². The fourth-order valence-corrected chi connectivity index (χ4v) is 6.07. The summed E-state index contributed by atoms with van der Waals surface area (Å²) in [5.74, 6) is -0.587. The molecule has 3 aromatic rings. The Labute approximate surface area is 239 Å². The molecule has 42 heavy (non-hydrogen) atoms. The van der Waals surface area contributed by atoms with E-state index >= 15 is 0 Å². The summed E-state index contributed by atoms with van der Waals surface area (Å²) in [5, 5.41) is 9.30. The lowest BCUT2D eigenvalue weighted by molar-refractivity contribution is -0.137. The quantitative estimate of drug-likeness (QED) is 0.415. The smallest absolute Gasteiger partial charge is 0.353 e. The van der Waals surface area contributed by atoms with Gasteiger partial charge in [0.1, 0.15) is 6.54 Å². The summed E-state index contributed by atoms with van der Waals surface area (Å²) >= 11 is 0. The summed E-state index contributed by atoms with van der Waals surface area (Å²) in [6, 6.07) is 13.2. The molecule has 2 aliphatic heterocycles. The Bertz CT molecular complexity index is 1680. The monoisotopic (exact) mass is 573 g/mol. The number of carbonyl (C=O) groups excluding carboxylic acids is 3. The molecule has 1 atom stereocenters. The third-order valence-corrected chi connectivity index (χ3v) is 8.16. The molecular weight excluding hydrogens is 547 g/mol. The lowest BCUT2D eigenvalue weighted by Gasteiger charge is -2.45. The molecule has 11 heteroatoms. The second-order valence-electron chi connectivity index (χ2n) is 10.7. The van der Waals surface area contributed by atoms with Crippen molar-refractivity contribution < 1.29 is 27.6 Å². The minimum absolute atomic E-state index is 0.0265. The van der Waals surface area contributed by atoms with Gasteiger partial charge in [0.2, 0.25) is 5.91 Å². The van der Waals surface area contributed by atoms with Gasteiger partial charge in [0.05, 0.1) is 35.5 Å². The molecule has 0 N–H and O–H groups in total. The first kappa shape index (κ1) is 27.3. The van der Waals surface area contributed by atoms with Crippen LogP contribution in [0.3, 0.4) is 0 Å². The maximum atomic E-state index is 14.3. The standard InChI is InChI=1S/C31H26F3N5O3/c1-36-13-12-21-16-37(17-25(21)36)27(41)18-38-29(20-10-8-19(15-35)9-11-20)28-24(6-3-7-26(28)40)39(30(38)42)23-5-2-4-22(14-23)31(32,33)34/h2,4-5,8-14,29H,3,6-7,16-18H2,1H3/t29-/m1/s1. The number of allylic oxidation sites excluding steroid dienone is 1. The Morgan fingerprint density at radius 3 is 2.50 bits per heavy atom. The molecule has 6 rings (SSSR count). The van der Waals surface area contributed by atoms with Crippen LogP contribution in [0, 0.1) is 11.3 Å². The van der Waals surface area contributed by atoms with Crippen molar-refractivity contribution in [3.05, 3.63) is 100 Å². The molecule has 1 aliphatic carbocycles. The third kappa shape index (κ3) is 4.62. The van der Waals surface area contributed by atoms with Crippen LogP contribution in [0.15, 0.2) is 72.1 Å². The van der Waals surface area contributed by atoms with Crippen molar-refractivity contribution >= 4 is 23.4 Å². The largest absolute Gasteiger partial charge is 0.416 e. The highest BCUT2D eigenvalue weighted by molar-refractivity contribution is 6.07. The number of Topliss-reactive ketones (excluding diaryl/α,β-unsaturated/α-hetero) is 1. The fraction of sp³-hybridized carbons (Fsp3) is 0.290. The SMILES string of the molecule is Cn1ccc2c1CN(C(=O)CN1C(=O)N(c3cccc(C(F)(F)F)c3)C3=C(C(=O)CCC3)[C@H]1c1ccc(C#N)cc1)C2. The molecule has 0 radical (unpaired) electrons. The van der Waals surface area contributed by atoms with Gasteiger partial charge in [0, 0.05) is 43.2 Å². The molecule has 0 saturated heterocycles. The van der Waals surface area contributed by atoms with Crippen molar-refractivity contribution in [1.82, 2.24) is 14.4 Å². The molecule has 3 heterocycles. The number of fused-ring (bicyclic) bond motifs is 1. The van der Waals surface area contributed by atoms with Gasteiger partial charge in [-0.15, -0.1) is 0 Å². The van der Waals surface area contributed by atoms with Gasteiger partial charge in [-0.2, -0.15) is 18.4 Å². The van der Waals surface area contributed by atoms with Crippen molar-refractivity contribution in [2.75, 3.05) is 11.4 Å². The predicted octanol–water partition coefficient (Wildman–Crippen LogP) is 5.45. The molecule has 3 aliphatic rings. The van der Waals surface area contributed by atoms with Gasteiger partial charge in [-0.25, -0.2) is 4.79 Å². The van der Waals surface area contributed by atoms with Gasteiger partial charge in [-0.3, -0.25) is 14.5 Å². The predicted molar refractivity (Wildman–Crippen MR) is 145 cm³/mol. The second kappa shape index (κ2) is 10.2. The normalized spacial score (nSPS) is 18.7. The molecule has 0 spiro atoms. The minimum atomic E-state index is -4.64. The number of nitriles is 1. The number of aryl methyl sites for hydroxylation is 1. The summed E-state index contributed by atoms with van der Waals surface area (Å²) in [6.07, 6.45) is -1.78. The zero-order valence-electron chi connectivity index (χ0n) is 22.7. The Morgan fingerprint density at radius 1 is 1.05 bits per heavy atom. The number of hydrogen-bond donors (Lipinski definition) is 0. The molecule has 0 bridgehead atoms. The Kier molecular flexibility index (Phi) is 6.64. The highest BCUT2D eigenvalue weighted by atomic mass is 19.4. The average molecular weight is 574 g/mol. The van der Waals surface area contributed by atoms with E-state index in [-0.39, 0.29) is 29.4 Å². The molecule has 0 fully saturated rings. The van der Waals surface area contributed by atoms with Crippen LogP contribution in [0.5, 0.6) is 0 Å². The lowest BCUT2D eigenvalue weighted by atomic mass is 9.83. The number of alkyl halides is 3. The molecular formula is C31H26F3N5O3. The van der Waals surface area contributed by atoms with Crippen LogP contribution < -0.4 is 4.90 Å². The van der Waals surface area contributed by atoms with Crippen LogP contribution >= 0.6 is 0 Å². The van der Waals surface area contributed by atoms with Crippen molar-refractivity contribution in [3.63, 3.8) is 0 Å². The van der Waals surface area contributed by atoms with Gasteiger partial charge < -0.3 is 14.4 Å². The summed E-state index contributed by atoms with van der Waals surface area (Å²) in [4.78, 5) is 45.6. The van der Waals surface area contributed by atoms with E-state index in [1.807, 2.05) is 29.9 Å². The summed E-state index contributed by atoms with van der Waals surface area (Å²) in [6.45, 7) is 0.325. The molecule has 8 nitrogen and oxygen atoms in total. The highest BCUT2D eigenvalue weighted by Crippen LogP contribution is 2.45. The van der Waals surface area contributed by atoms with Gasteiger partial charge in [0.15, 0.2) is 5.78 Å². The van der Waals surface area contributed by atoms with Crippen molar-refractivity contribution in [3.8, 4) is 6.07 Å². The molecule has 1 aromatic heterocycles. The zero-order valence-corrected chi connectivity index (χ0v) is 22.7. The van der Waals surface area contributed by atoms with Crippen LogP contribution in [0.4, 0.5) is 23.7 Å². The van der Waals surface area contributed by atoms with Crippen LogP contribution in [0.25, 0.3) is 0 Å². The topological polar surface area (TPSA) is 89.7 Å². The number of halogens is 3. The first-order valence-electron chi connectivity index (χ1n) is 13.5. The van der Waals surface area contributed by atoms with Crippen molar-refractivity contribution in [2.45, 2.75) is 44.6 Å². The Morgan fingerprint density at radius 2 is 1.81 bits per heavy atom. The van der Waals surface area contributed by atoms with E-state index in [2.05, 4.69) is 0 Å². The minimum Gasteiger partial charge on any atom is -0.353 e. The van der Waals surface area contributed by atoms with Crippen LogP contribution in [0.2, 0.25) is 0 Å². The van der Waals surface area contributed by atoms with E-state index < -0.39 is 30.4 Å². The van der Waals surface area contributed by atoms with E-state index in [0.29, 0.717) is 42.8 Å². The van der Waals surface area contributed by atoms with E-state index in [1.165, 1.54) is 17.0 Å². The number of nitrogens with zero attached hydrogens (tertiary/aromatic N) is 5. The number of amides is 3. The third-order valence-electron chi connectivity index (χ3n) is 8.16. The first-order valence-corrected chi connectivity index (χ1v) is 13.5. The molecule has 0 saturated carbocycles. The fourth-order valence-electron chi connectivity index (χ4n) is 6.07. The number of rotatable bonds is 4. The van der Waals surface area contributed by atoms with Crippen LogP contribution in [-0.2, 0) is 35.9 Å². The van der Waals surface area contributed by atoms with E-state index in [4.69, 9.17) is 0 Å². The van der Waals surface area contributed by atoms with E-state index in [9.17, 15) is 32.8 Å². The number of anilines is 1. The lowest BCUT2D eigenvalue weighted by Crippen LogP contribution is -2.54. The number of carbonyl (C=O) groups is 3. The first-order chi connectivity index (χ1) is 20.1. The number of benzene rings is 2. The molecule has 0 unspecified atom stereocenters. The Hall–Kier alpha value is -4.85. The second-order valence-corrected chi connectivity index (χ2v) is 10.7. The van der Waals surface area contributed by atoms with E-state index in [1.54, 1.807) is 29.2 Å². The maximum absolute atomic E-state index is 14.3.